The number of benzene rings is 2. The van der Waals surface area contributed by atoms with Gasteiger partial charge >= 0.3 is 6.03 Å². The zero-order chi connectivity index (χ0) is 25.4. The van der Waals surface area contributed by atoms with Gasteiger partial charge in [-0.25, -0.2) is 4.79 Å². The number of pyridine rings is 1. The monoisotopic (exact) mass is 486 g/mol. The van der Waals surface area contributed by atoms with E-state index in [0.717, 1.165) is 39.9 Å². The Morgan fingerprint density at radius 2 is 1.89 bits per heavy atom. The fourth-order valence-corrected chi connectivity index (χ4v) is 5.33. The molecule has 5 rings (SSSR count). The third-order valence-electron chi connectivity index (χ3n) is 7.40. The van der Waals surface area contributed by atoms with Gasteiger partial charge in [0.15, 0.2) is 0 Å². The van der Waals surface area contributed by atoms with Crippen molar-refractivity contribution in [1.29, 1.82) is 0 Å². The van der Waals surface area contributed by atoms with Gasteiger partial charge in [0.05, 0.1) is 17.0 Å². The third-order valence-corrected chi connectivity index (χ3v) is 7.40. The second kappa shape index (κ2) is 9.26. The summed E-state index contributed by atoms with van der Waals surface area (Å²) in [7, 11) is 0. The van der Waals surface area contributed by atoms with Gasteiger partial charge in [-0.2, -0.15) is 0 Å². The van der Waals surface area contributed by atoms with Crippen molar-refractivity contribution in [3.8, 4) is 5.75 Å². The van der Waals surface area contributed by atoms with Gasteiger partial charge in [0, 0.05) is 23.2 Å². The number of urea groups is 1. The molecule has 3 atom stereocenters. The maximum absolute atomic E-state index is 13.6. The minimum absolute atomic E-state index is 0.0393. The molecule has 0 bridgehead atoms. The van der Waals surface area contributed by atoms with E-state index in [2.05, 4.69) is 15.6 Å². The van der Waals surface area contributed by atoms with E-state index >= 15 is 0 Å². The molecule has 0 saturated carbocycles. The molecule has 3 heterocycles. The number of hydrogen-bond donors (Lipinski definition) is 2. The lowest BCUT2D eigenvalue weighted by Gasteiger charge is -2.43. The number of imide groups is 1. The van der Waals surface area contributed by atoms with Crippen LogP contribution < -0.4 is 15.4 Å². The molecule has 36 heavy (non-hydrogen) atoms. The van der Waals surface area contributed by atoms with Crippen molar-refractivity contribution in [3.05, 3.63) is 71.4 Å². The van der Waals surface area contributed by atoms with Crippen molar-refractivity contribution in [2.24, 2.45) is 0 Å². The van der Waals surface area contributed by atoms with Crippen molar-refractivity contribution in [2.75, 3.05) is 6.54 Å². The molecule has 3 unspecified atom stereocenters. The fourth-order valence-electron chi connectivity index (χ4n) is 5.33. The minimum Gasteiger partial charge on any atom is -0.489 e. The quantitative estimate of drug-likeness (QED) is 0.519. The summed E-state index contributed by atoms with van der Waals surface area (Å²) in [6, 6.07) is 16.1. The number of hydrogen-bond acceptors (Lipinski definition) is 5. The summed E-state index contributed by atoms with van der Waals surface area (Å²) < 4.78 is 6.10. The maximum atomic E-state index is 13.6. The Hall–Kier alpha value is -3.94. The number of ether oxygens (including phenoxy) is 1. The highest BCUT2D eigenvalue weighted by atomic mass is 16.5. The van der Waals surface area contributed by atoms with Gasteiger partial charge in [0.1, 0.15) is 18.4 Å². The Morgan fingerprint density at radius 3 is 2.61 bits per heavy atom. The normalized spacial score (nSPS) is 22.9. The van der Waals surface area contributed by atoms with Crippen molar-refractivity contribution >= 4 is 28.7 Å². The van der Waals surface area contributed by atoms with Gasteiger partial charge in [-0.3, -0.25) is 19.9 Å². The molecule has 4 amide bonds. The summed E-state index contributed by atoms with van der Waals surface area (Å²) in [4.78, 5) is 43.7. The van der Waals surface area contributed by atoms with E-state index in [1.165, 1.54) is 0 Å². The highest BCUT2D eigenvalue weighted by molar-refractivity contribution is 6.05. The molecule has 8 heteroatoms. The van der Waals surface area contributed by atoms with Gasteiger partial charge in [-0.15, -0.1) is 0 Å². The minimum atomic E-state index is -0.743. The van der Waals surface area contributed by atoms with Gasteiger partial charge in [-0.1, -0.05) is 30.3 Å². The van der Waals surface area contributed by atoms with Crippen LogP contribution in [0.25, 0.3) is 10.9 Å². The molecule has 0 spiro atoms. The van der Waals surface area contributed by atoms with E-state index in [-0.39, 0.29) is 5.91 Å². The molecule has 186 valence electrons. The van der Waals surface area contributed by atoms with Crippen molar-refractivity contribution in [1.82, 2.24) is 20.5 Å². The summed E-state index contributed by atoms with van der Waals surface area (Å²) in [6.07, 6.45) is 1.52. The Morgan fingerprint density at radius 1 is 1.14 bits per heavy atom. The number of nitrogens with zero attached hydrogens (tertiary/aromatic N) is 2. The van der Waals surface area contributed by atoms with Crippen LogP contribution in [-0.4, -0.2) is 46.4 Å². The van der Waals surface area contributed by atoms with Crippen LogP contribution in [0.15, 0.2) is 54.6 Å². The van der Waals surface area contributed by atoms with Crippen molar-refractivity contribution in [3.63, 3.8) is 0 Å². The molecule has 2 saturated heterocycles. The predicted octanol–water partition coefficient (Wildman–Crippen LogP) is 3.60. The largest absolute Gasteiger partial charge is 0.489 e. The Kier molecular flexibility index (Phi) is 6.12. The number of aromatic nitrogens is 1. The summed E-state index contributed by atoms with van der Waals surface area (Å²) in [5, 5.41) is 5.95. The standard InChI is InChI=1S/C28H30N4O4/c1-17-15-19(22-7-4-5-8-23(22)29-17)16-36-21-11-9-20(10-12-21)28(3)13-6-14-32(26(28)34)18(2)24-25(33)31-27(35)30-24/h4-5,7-12,15,18,24H,6,13-14,16H2,1-3H3,(H2,30,31,33,35). The van der Waals surface area contributed by atoms with Crippen LogP contribution in [0.2, 0.25) is 0 Å². The average Bonchev–Trinajstić information content (AvgIpc) is 3.21. The first-order valence-electron chi connectivity index (χ1n) is 12.3. The predicted molar refractivity (Wildman–Crippen MR) is 135 cm³/mol. The number of aryl methyl sites for hydroxylation is 1. The lowest BCUT2D eigenvalue weighted by Crippen LogP contribution is -2.58. The Labute approximate surface area is 210 Å². The van der Waals surface area contributed by atoms with Crippen LogP contribution in [0.4, 0.5) is 4.79 Å². The van der Waals surface area contributed by atoms with Crippen LogP contribution in [-0.2, 0) is 21.6 Å². The number of piperidine rings is 1. The smallest absolute Gasteiger partial charge is 0.322 e. The highest BCUT2D eigenvalue weighted by Gasteiger charge is 2.46. The topological polar surface area (TPSA) is 101 Å². The van der Waals surface area contributed by atoms with Crippen LogP contribution in [0.3, 0.4) is 0 Å². The number of likely N-dealkylation sites (tertiary alicyclic amines) is 1. The number of amides is 4. The zero-order valence-corrected chi connectivity index (χ0v) is 20.7. The van der Waals surface area contributed by atoms with Gasteiger partial charge in [-0.05, 0) is 63.4 Å². The molecule has 2 aromatic carbocycles. The Bertz CT molecular complexity index is 1340. The molecule has 0 radical (unpaired) electrons. The summed E-state index contributed by atoms with van der Waals surface area (Å²) in [5.74, 6) is 0.286. The van der Waals surface area contributed by atoms with E-state index in [1.807, 2.05) is 68.4 Å². The summed E-state index contributed by atoms with van der Waals surface area (Å²) in [6.45, 7) is 6.70. The van der Waals surface area contributed by atoms with Gasteiger partial charge < -0.3 is 15.0 Å². The van der Waals surface area contributed by atoms with Gasteiger partial charge in [0.2, 0.25) is 5.91 Å². The summed E-state index contributed by atoms with van der Waals surface area (Å²) >= 11 is 0. The third kappa shape index (κ3) is 4.27. The first-order valence-corrected chi connectivity index (χ1v) is 12.3. The molecule has 2 aliphatic heterocycles. The molecule has 0 aliphatic carbocycles. The SMILES string of the molecule is Cc1cc(COc2ccc(C3(C)CCCN(C(C)C4NC(=O)NC4=O)C3=O)cc2)c2ccccc2n1. The first-order chi connectivity index (χ1) is 17.3. The maximum Gasteiger partial charge on any atom is 0.322 e. The molecule has 2 aliphatic rings. The first kappa shape index (κ1) is 23.8. The molecule has 3 aromatic rings. The number of rotatable bonds is 6. The molecule has 2 N–H and O–H groups in total. The number of carbonyl (C=O) groups excluding carboxylic acids is 3. The van der Waals surface area contributed by atoms with E-state index in [1.54, 1.807) is 11.8 Å². The van der Waals surface area contributed by atoms with E-state index in [0.29, 0.717) is 19.6 Å². The van der Waals surface area contributed by atoms with E-state index in [4.69, 9.17) is 4.74 Å². The number of fused-ring (bicyclic) bond motifs is 1. The summed E-state index contributed by atoms with van der Waals surface area (Å²) in [5.41, 5.74) is 3.15. The van der Waals surface area contributed by atoms with Crippen LogP contribution in [0.1, 0.15) is 43.5 Å². The second-order valence-electron chi connectivity index (χ2n) is 9.87. The van der Waals surface area contributed by atoms with Crippen LogP contribution in [0, 0.1) is 6.92 Å². The van der Waals surface area contributed by atoms with E-state index < -0.39 is 29.4 Å². The Balaban J connectivity index is 1.31. The lowest BCUT2D eigenvalue weighted by molar-refractivity contribution is -0.143. The van der Waals surface area contributed by atoms with Crippen molar-refractivity contribution < 1.29 is 19.1 Å². The molecular formula is C28H30N4O4. The molecular weight excluding hydrogens is 456 g/mol. The lowest BCUT2D eigenvalue weighted by atomic mass is 9.74. The zero-order valence-electron chi connectivity index (χ0n) is 20.7. The van der Waals surface area contributed by atoms with Crippen LogP contribution in [0.5, 0.6) is 5.75 Å². The van der Waals surface area contributed by atoms with E-state index in [9.17, 15) is 14.4 Å². The van der Waals surface area contributed by atoms with Crippen LogP contribution >= 0.6 is 0 Å². The number of nitrogens with one attached hydrogen (secondary N) is 2. The second-order valence-corrected chi connectivity index (χ2v) is 9.87. The molecule has 2 fully saturated rings. The van der Waals surface area contributed by atoms with Crippen molar-refractivity contribution in [2.45, 2.75) is 57.7 Å². The molecule has 1 aromatic heterocycles. The molecule has 8 nitrogen and oxygen atoms in total. The number of para-hydroxylation sites is 1. The number of carbonyl (C=O) groups is 3. The fraction of sp³-hybridized carbons (Fsp3) is 0.357. The van der Waals surface area contributed by atoms with Gasteiger partial charge in [0.25, 0.3) is 5.91 Å². The average molecular weight is 487 g/mol. The highest BCUT2D eigenvalue weighted by Crippen LogP contribution is 2.37.